The van der Waals surface area contributed by atoms with Crippen LogP contribution in [0.4, 0.5) is 0 Å². The highest BCUT2D eigenvalue weighted by Crippen LogP contribution is 2.35. The van der Waals surface area contributed by atoms with E-state index >= 15 is 0 Å². The molecule has 2 atom stereocenters. The molecule has 5 heteroatoms. The Morgan fingerprint density at radius 2 is 1.79 bits per heavy atom. The first-order valence-electron chi connectivity index (χ1n) is 6.38. The van der Waals surface area contributed by atoms with E-state index in [2.05, 4.69) is 45.2 Å². The van der Waals surface area contributed by atoms with Gasteiger partial charge in [-0.2, -0.15) is 0 Å². The van der Waals surface area contributed by atoms with Crippen LogP contribution in [-0.4, -0.2) is 16.2 Å². The molecule has 0 heterocycles. The predicted octanol–water partition coefficient (Wildman–Crippen LogP) is 4.03. The maximum Gasteiger partial charge on any atom is 0.306 e. The van der Waals surface area contributed by atoms with Gasteiger partial charge in [0.2, 0.25) is 0 Å². The molecule has 1 saturated carbocycles. The minimum absolute atomic E-state index is 0.210. The van der Waals surface area contributed by atoms with Crippen molar-refractivity contribution in [3.63, 3.8) is 0 Å². The topological polar surface area (TPSA) is 57.5 Å². The molecule has 1 fully saturated rings. The number of carboxylic acids is 1. The van der Waals surface area contributed by atoms with E-state index in [1.54, 1.807) is 0 Å². The zero-order valence-corrected chi connectivity index (χ0v) is 14.7. The van der Waals surface area contributed by atoms with Crippen molar-refractivity contribution in [1.29, 1.82) is 0 Å². The Labute approximate surface area is 140 Å². The van der Waals surface area contributed by atoms with Gasteiger partial charge in [0.05, 0.1) is 13.1 Å². The molecule has 0 unspecified atom stereocenters. The van der Waals surface area contributed by atoms with Crippen molar-refractivity contribution < 1.29 is 15.0 Å². The molecular formula is C14H16I2O3. The van der Waals surface area contributed by atoms with Crippen LogP contribution >= 0.6 is 45.2 Å². The summed E-state index contributed by atoms with van der Waals surface area (Å²) in [7, 11) is 0. The SMILES string of the molecule is O=C(O)[C@@H]1CCCC[C@H]1Cc1cc(I)c(O)c(I)c1. The van der Waals surface area contributed by atoms with Gasteiger partial charge in [0, 0.05) is 0 Å². The maximum atomic E-state index is 11.3. The molecule has 1 aliphatic rings. The van der Waals surface area contributed by atoms with Crippen LogP contribution in [0.3, 0.4) is 0 Å². The second kappa shape index (κ2) is 6.60. The quantitative estimate of drug-likeness (QED) is 0.635. The number of phenolic OH excluding ortho intramolecular Hbond substituents is 1. The summed E-state index contributed by atoms with van der Waals surface area (Å²) in [4.78, 5) is 11.3. The van der Waals surface area contributed by atoms with Crippen molar-refractivity contribution in [2.24, 2.45) is 11.8 Å². The van der Waals surface area contributed by atoms with Gasteiger partial charge in [-0.25, -0.2) is 0 Å². The molecule has 2 N–H and O–H groups in total. The average molecular weight is 486 g/mol. The molecule has 0 bridgehead atoms. The summed E-state index contributed by atoms with van der Waals surface area (Å²) in [6, 6.07) is 3.93. The molecule has 0 spiro atoms. The summed E-state index contributed by atoms with van der Waals surface area (Å²) in [6.45, 7) is 0. The highest BCUT2D eigenvalue weighted by Gasteiger charge is 2.30. The molecule has 1 aromatic carbocycles. The average Bonchev–Trinajstić information content (AvgIpc) is 2.36. The number of hydrogen-bond acceptors (Lipinski definition) is 2. The van der Waals surface area contributed by atoms with Crippen molar-refractivity contribution in [1.82, 2.24) is 0 Å². The first-order valence-corrected chi connectivity index (χ1v) is 8.54. The lowest BCUT2D eigenvalue weighted by atomic mass is 9.76. The molecule has 3 nitrogen and oxygen atoms in total. The van der Waals surface area contributed by atoms with E-state index in [1.165, 1.54) is 0 Å². The number of aliphatic carboxylic acids is 1. The number of rotatable bonds is 3. The third-order valence-corrected chi connectivity index (χ3v) is 5.45. The van der Waals surface area contributed by atoms with Crippen LogP contribution in [0.5, 0.6) is 5.75 Å². The first kappa shape index (κ1) is 15.3. The Morgan fingerprint density at radius 3 is 2.37 bits per heavy atom. The molecular weight excluding hydrogens is 470 g/mol. The summed E-state index contributed by atoms with van der Waals surface area (Å²) >= 11 is 4.23. The van der Waals surface area contributed by atoms with E-state index in [0.717, 1.165) is 44.8 Å². The van der Waals surface area contributed by atoms with Gasteiger partial charge in [0.25, 0.3) is 0 Å². The van der Waals surface area contributed by atoms with Crippen molar-refractivity contribution in [2.75, 3.05) is 0 Å². The van der Waals surface area contributed by atoms with E-state index in [-0.39, 0.29) is 11.8 Å². The molecule has 2 rings (SSSR count). The van der Waals surface area contributed by atoms with Crippen molar-refractivity contribution in [3.8, 4) is 5.75 Å². The lowest BCUT2D eigenvalue weighted by molar-refractivity contribution is -0.144. The summed E-state index contributed by atoms with van der Waals surface area (Å²) in [5, 5.41) is 19.1. The largest absolute Gasteiger partial charge is 0.506 e. The zero-order valence-electron chi connectivity index (χ0n) is 10.4. The predicted molar refractivity (Wildman–Crippen MR) is 90.3 cm³/mol. The van der Waals surface area contributed by atoms with E-state index in [0.29, 0.717) is 5.75 Å². The third kappa shape index (κ3) is 3.74. The minimum atomic E-state index is -0.659. The summed E-state index contributed by atoms with van der Waals surface area (Å²) in [5.74, 6) is -0.323. The molecule has 0 aromatic heterocycles. The number of hydrogen-bond donors (Lipinski definition) is 2. The Morgan fingerprint density at radius 1 is 1.21 bits per heavy atom. The lowest BCUT2D eigenvalue weighted by Crippen LogP contribution is -2.28. The second-order valence-corrected chi connectivity index (χ2v) is 7.43. The fraction of sp³-hybridized carbons (Fsp3) is 0.500. The Kier molecular flexibility index (Phi) is 5.33. The van der Waals surface area contributed by atoms with E-state index < -0.39 is 5.97 Å². The number of carbonyl (C=O) groups is 1. The summed E-state index contributed by atoms with van der Waals surface area (Å²) < 4.78 is 1.67. The fourth-order valence-electron chi connectivity index (χ4n) is 2.82. The molecule has 0 saturated heterocycles. The molecule has 0 aliphatic heterocycles. The Bertz CT molecular complexity index is 465. The van der Waals surface area contributed by atoms with Crippen LogP contribution in [0.25, 0.3) is 0 Å². The zero-order chi connectivity index (χ0) is 14.0. The van der Waals surface area contributed by atoms with Gasteiger partial charge < -0.3 is 10.2 Å². The molecule has 1 aromatic rings. The number of benzene rings is 1. The van der Waals surface area contributed by atoms with Crippen molar-refractivity contribution >= 4 is 51.2 Å². The summed E-state index contributed by atoms with van der Waals surface area (Å²) in [6.07, 6.45) is 4.74. The highest BCUT2D eigenvalue weighted by atomic mass is 127. The van der Waals surface area contributed by atoms with Crippen LogP contribution in [-0.2, 0) is 11.2 Å². The van der Waals surface area contributed by atoms with E-state index in [9.17, 15) is 15.0 Å². The van der Waals surface area contributed by atoms with Crippen LogP contribution in [0.2, 0.25) is 0 Å². The second-order valence-electron chi connectivity index (χ2n) is 5.10. The number of aromatic hydroxyl groups is 1. The maximum absolute atomic E-state index is 11.3. The molecule has 104 valence electrons. The van der Waals surface area contributed by atoms with E-state index in [4.69, 9.17) is 0 Å². The molecule has 1 aliphatic carbocycles. The first-order chi connectivity index (χ1) is 8.99. The van der Waals surface area contributed by atoms with Crippen molar-refractivity contribution in [2.45, 2.75) is 32.1 Å². The summed E-state index contributed by atoms with van der Waals surface area (Å²) in [5.41, 5.74) is 1.13. The molecule has 0 radical (unpaired) electrons. The highest BCUT2D eigenvalue weighted by molar-refractivity contribution is 14.1. The Hall–Kier alpha value is -0.0500. The molecule has 19 heavy (non-hydrogen) atoms. The van der Waals surface area contributed by atoms with Gasteiger partial charge in [-0.1, -0.05) is 12.8 Å². The van der Waals surface area contributed by atoms with Crippen molar-refractivity contribution in [3.05, 3.63) is 24.8 Å². The van der Waals surface area contributed by atoms with Gasteiger partial charge in [0.15, 0.2) is 0 Å². The van der Waals surface area contributed by atoms with Gasteiger partial charge in [-0.3, -0.25) is 4.79 Å². The number of phenols is 1. The van der Waals surface area contributed by atoms with Crippen LogP contribution in [0.1, 0.15) is 31.2 Å². The number of halogens is 2. The lowest BCUT2D eigenvalue weighted by Gasteiger charge is -2.28. The van der Waals surface area contributed by atoms with Crippen LogP contribution < -0.4 is 0 Å². The standard InChI is InChI=1S/C14H16I2O3/c15-11-6-8(7-12(16)13(11)17)5-9-3-1-2-4-10(9)14(18)19/h6-7,9-10,17H,1-5H2,(H,18,19)/t9-,10+/m0/s1. The van der Waals surface area contributed by atoms with E-state index in [1.807, 2.05) is 12.1 Å². The van der Waals surface area contributed by atoms with Gasteiger partial charge in [-0.15, -0.1) is 0 Å². The fourth-order valence-corrected chi connectivity index (χ4v) is 4.71. The third-order valence-electron chi connectivity index (χ3n) is 3.80. The minimum Gasteiger partial charge on any atom is -0.506 e. The normalized spacial score (nSPS) is 23.3. The van der Waals surface area contributed by atoms with Gasteiger partial charge in [0.1, 0.15) is 5.75 Å². The van der Waals surface area contributed by atoms with Crippen LogP contribution in [0, 0.1) is 19.0 Å². The Balaban J connectivity index is 2.17. The smallest absolute Gasteiger partial charge is 0.306 e. The monoisotopic (exact) mass is 486 g/mol. The van der Waals surface area contributed by atoms with Gasteiger partial charge in [-0.05, 0) is 88.1 Å². The van der Waals surface area contributed by atoms with Crippen LogP contribution in [0.15, 0.2) is 12.1 Å². The number of carboxylic acid groups (broad SMARTS) is 1. The van der Waals surface area contributed by atoms with Gasteiger partial charge >= 0.3 is 5.97 Å². The molecule has 0 amide bonds.